The number of anilines is 2. The van der Waals surface area contributed by atoms with E-state index in [1.807, 2.05) is 17.6 Å². The summed E-state index contributed by atoms with van der Waals surface area (Å²) in [4.78, 5) is 17.0. The molecule has 0 bridgehead atoms. The van der Waals surface area contributed by atoms with Gasteiger partial charge in [-0.3, -0.25) is 4.68 Å². The summed E-state index contributed by atoms with van der Waals surface area (Å²) in [6.07, 6.45) is 8.28. The topological polar surface area (TPSA) is 110 Å². The van der Waals surface area contributed by atoms with E-state index in [1.54, 1.807) is 11.3 Å². The zero-order valence-electron chi connectivity index (χ0n) is 22.7. The number of nitrogens with zero attached hydrogens (tertiary/aromatic N) is 7. The molecule has 0 radical (unpaired) electrons. The molecular formula is C30H34N8S. The number of aromatic nitrogens is 5. The van der Waals surface area contributed by atoms with Crippen LogP contribution in [0.15, 0.2) is 29.8 Å². The summed E-state index contributed by atoms with van der Waals surface area (Å²) in [6, 6.07) is 8.61. The number of benzene rings is 1. The molecule has 1 unspecified atom stereocenters. The lowest BCUT2D eigenvalue weighted by Crippen LogP contribution is -2.28. The van der Waals surface area contributed by atoms with E-state index in [-0.39, 0.29) is 5.92 Å². The molecule has 8 nitrogen and oxygen atoms in total. The Morgan fingerprint density at radius 3 is 2.87 bits per heavy atom. The van der Waals surface area contributed by atoms with E-state index in [2.05, 4.69) is 46.6 Å². The monoisotopic (exact) mass is 538 g/mol. The van der Waals surface area contributed by atoms with Crippen LogP contribution >= 0.6 is 11.3 Å². The molecule has 3 aromatic heterocycles. The zero-order valence-corrected chi connectivity index (χ0v) is 23.5. The summed E-state index contributed by atoms with van der Waals surface area (Å²) in [5, 5.41) is 17.8. The minimum absolute atomic E-state index is 0.232. The Bertz CT molecular complexity index is 1530. The number of fused-ring (bicyclic) bond motifs is 2. The summed E-state index contributed by atoms with van der Waals surface area (Å²) in [5.41, 5.74) is 14.4. The Morgan fingerprint density at radius 2 is 2.10 bits per heavy atom. The summed E-state index contributed by atoms with van der Waals surface area (Å²) in [5.74, 6) is 2.19. The highest BCUT2D eigenvalue weighted by Gasteiger charge is 2.31. The van der Waals surface area contributed by atoms with Gasteiger partial charge in [0, 0.05) is 42.3 Å². The van der Waals surface area contributed by atoms with Crippen LogP contribution in [-0.4, -0.2) is 31.3 Å². The van der Waals surface area contributed by atoms with Gasteiger partial charge in [0.25, 0.3) is 0 Å². The molecule has 1 aromatic carbocycles. The van der Waals surface area contributed by atoms with Crippen LogP contribution in [0.2, 0.25) is 0 Å². The fraction of sp³-hybridized carbons (Fsp3) is 0.433. The van der Waals surface area contributed by atoms with Crippen molar-refractivity contribution in [2.45, 2.75) is 77.8 Å². The average molecular weight is 539 g/mol. The second-order valence-electron chi connectivity index (χ2n) is 10.5. The molecule has 1 aliphatic heterocycles. The number of hydrogen-bond donors (Lipinski definition) is 1. The van der Waals surface area contributed by atoms with E-state index >= 15 is 0 Å². The molecule has 4 aromatic rings. The number of thiazole rings is 1. The predicted octanol–water partition coefficient (Wildman–Crippen LogP) is 5.45. The zero-order chi connectivity index (χ0) is 26.9. The van der Waals surface area contributed by atoms with Gasteiger partial charge >= 0.3 is 0 Å². The van der Waals surface area contributed by atoms with Gasteiger partial charge in [0.2, 0.25) is 0 Å². The Hall–Kier alpha value is -3.77. The average Bonchev–Trinajstić information content (AvgIpc) is 3.59. The van der Waals surface area contributed by atoms with Crippen molar-refractivity contribution in [1.82, 2.24) is 24.7 Å². The molecule has 0 saturated heterocycles. The van der Waals surface area contributed by atoms with Gasteiger partial charge in [-0.25, -0.2) is 15.0 Å². The highest BCUT2D eigenvalue weighted by atomic mass is 32.1. The maximum Gasteiger partial charge on any atom is 0.143 e. The minimum atomic E-state index is 0.232. The van der Waals surface area contributed by atoms with Crippen LogP contribution in [0.1, 0.15) is 78.5 Å². The van der Waals surface area contributed by atoms with E-state index in [0.29, 0.717) is 11.3 Å². The van der Waals surface area contributed by atoms with Gasteiger partial charge in [-0.15, -0.1) is 11.3 Å². The lowest BCUT2D eigenvalue weighted by molar-refractivity contribution is 0.557. The van der Waals surface area contributed by atoms with Crippen molar-refractivity contribution in [3.63, 3.8) is 0 Å². The Balaban J connectivity index is 1.35. The van der Waals surface area contributed by atoms with Crippen molar-refractivity contribution >= 4 is 22.8 Å². The SMILES string of the molecule is CCCc1ccc(N)c(C#N)c1C1CCc2c(nc(CC)nc2N2CCCn3nc(-c4nccs4)cc3C2)C1. The van der Waals surface area contributed by atoms with Crippen molar-refractivity contribution < 1.29 is 0 Å². The predicted molar refractivity (Wildman–Crippen MR) is 155 cm³/mol. The van der Waals surface area contributed by atoms with Crippen LogP contribution in [0.4, 0.5) is 11.5 Å². The molecule has 39 heavy (non-hydrogen) atoms. The van der Waals surface area contributed by atoms with Gasteiger partial charge in [0.05, 0.1) is 23.5 Å². The van der Waals surface area contributed by atoms with Crippen LogP contribution < -0.4 is 10.6 Å². The third-order valence-corrected chi connectivity index (χ3v) is 8.78. The number of rotatable bonds is 6. The van der Waals surface area contributed by atoms with Crippen LogP contribution in [0, 0.1) is 11.3 Å². The smallest absolute Gasteiger partial charge is 0.143 e. The standard InChI is InChI=1S/C30H34N8S/c1-3-6-19-8-10-24(32)23(17-31)28(19)20-7-9-22-25(15-20)34-27(4-2)35-29(22)37-12-5-13-38-21(18-37)16-26(36-38)30-33-11-14-39-30/h8,10-11,14,16,20H,3-7,9,12-13,15,18,32H2,1-2H3. The van der Waals surface area contributed by atoms with Crippen LogP contribution in [0.5, 0.6) is 0 Å². The van der Waals surface area contributed by atoms with Gasteiger partial charge in [-0.1, -0.05) is 26.3 Å². The quantitative estimate of drug-likeness (QED) is 0.325. The van der Waals surface area contributed by atoms with E-state index in [1.165, 1.54) is 16.8 Å². The molecule has 6 rings (SSSR count). The van der Waals surface area contributed by atoms with Gasteiger partial charge in [-0.2, -0.15) is 10.4 Å². The Morgan fingerprint density at radius 1 is 1.21 bits per heavy atom. The lowest BCUT2D eigenvalue weighted by atomic mass is 9.78. The normalized spacial score (nSPS) is 16.8. The first kappa shape index (κ1) is 25.5. The maximum atomic E-state index is 10.0. The summed E-state index contributed by atoms with van der Waals surface area (Å²) < 4.78 is 2.14. The van der Waals surface area contributed by atoms with Crippen molar-refractivity contribution in [3.05, 3.63) is 69.2 Å². The molecule has 2 aliphatic rings. The fourth-order valence-corrected chi connectivity index (χ4v) is 6.76. The molecular weight excluding hydrogens is 504 g/mol. The molecule has 0 amide bonds. The second kappa shape index (κ2) is 10.8. The molecule has 4 heterocycles. The van der Waals surface area contributed by atoms with Crippen LogP contribution in [0.25, 0.3) is 10.7 Å². The summed E-state index contributed by atoms with van der Waals surface area (Å²) in [6.45, 7) is 6.89. The highest BCUT2D eigenvalue weighted by Crippen LogP contribution is 2.40. The van der Waals surface area contributed by atoms with Crippen LogP contribution in [-0.2, 0) is 38.8 Å². The number of aryl methyl sites for hydroxylation is 3. The molecule has 0 spiro atoms. The van der Waals surface area contributed by atoms with Gasteiger partial charge in [0.1, 0.15) is 28.4 Å². The van der Waals surface area contributed by atoms with E-state index in [9.17, 15) is 5.26 Å². The molecule has 0 fully saturated rings. The summed E-state index contributed by atoms with van der Waals surface area (Å²) >= 11 is 1.62. The van der Waals surface area contributed by atoms with Gasteiger partial charge < -0.3 is 10.6 Å². The van der Waals surface area contributed by atoms with Crippen molar-refractivity contribution in [2.24, 2.45) is 0 Å². The number of nitriles is 1. The molecule has 0 saturated carbocycles. The molecule has 1 atom stereocenters. The fourth-order valence-electron chi connectivity index (χ4n) is 6.17. The molecule has 200 valence electrons. The second-order valence-corrected chi connectivity index (χ2v) is 11.4. The van der Waals surface area contributed by atoms with Crippen molar-refractivity contribution in [3.8, 4) is 16.8 Å². The van der Waals surface area contributed by atoms with Gasteiger partial charge in [0.15, 0.2) is 0 Å². The maximum absolute atomic E-state index is 10.0. The minimum Gasteiger partial charge on any atom is -0.398 e. The Labute approximate surface area is 233 Å². The van der Waals surface area contributed by atoms with E-state index in [4.69, 9.17) is 20.8 Å². The highest BCUT2D eigenvalue weighted by molar-refractivity contribution is 7.13. The molecule has 9 heteroatoms. The van der Waals surface area contributed by atoms with Crippen LogP contribution in [0.3, 0.4) is 0 Å². The number of hydrogen-bond acceptors (Lipinski definition) is 8. The first-order chi connectivity index (χ1) is 19.1. The van der Waals surface area contributed by atoms with E-state index < -0.39 is 0 Å². The van der Waals surface area contributed by atoms with Gasteiger partial charge in [-0.05, 0) is 61.3 Å². The first-order valence-corrected chi connectivity index (χ1v) is 14.9. The summed E-state index contributed by atoms with van der Waals surface area (Å²) in [7, 11) is 0. The van der Waals surface area contributed by atoms with Crippen molar-refractivity contribution in [1.29, 1.82) is 5.26 Å². The molecule has 1 aliphatic carbocycles. The Kier molecular flexibility index (Phi) is 7.05. The van der Waals surface area contributed by atoms with E-state index in [0.717, 1.165) is 98.2 Å². The largest absolute Gasteiger partial charge is 0.398 e. The number of nitrogens with two attached hydrogens (primary N) is 1. The third-order valence-electron chi connectivity index (χ3n) is 7.99. The third kappa shape index (κ3) is 4.78. The lowest BCUT2D eigenvalue weighted by Gasteiger charge is -2.31. The number of nitrogen functional groups attached to an aromatic ring is 1. The molecule has 2 N–H and O–H groups in total. The first-order valence-electron chi connectivity index (χ1n) is 14.0. The van der Waals surface area contributed by atoms with Crippen molar-refractivity contribution in [2.75, 3.05) is 17.2 Å².